The van der Waals surface area contributed by atoms with E-state index in [1.807, 2.05) is 12.1 Å². The molecular weight excluding hydrogens is 466 g/mol. The highest BCUT2D eigenvalue weighted by molar-refractivity contribution is 9.10. The smallest absolute Gasteiger partial charge is 0.162 e. The van der Waals surface area contributed by atoms with Gasteiger partial charge in [-0.15, -0.1) is 0 Å². The molecule has 0 radical (unpaired) electrons. The maximum absolute atomic E-state index is 13.5. The fourth-order valence-corrected chi connectivity index (χ4v) is 5.84. The van der Waals surface area contributed by atoms with Crippen LogP contribution < -0.4 is 9.47 Å². The second-order valence-electron chi connectivity index (χ2n) is 9.65. The third kappa shape index (κ3) is 3.47. The summed E-state index contributed by atoms with van der Waals surface area (Å²) in [4.78, 5) is 15.8. The zero-order valence-electron chi connectivity index (χ0n) is 19.0. The van der Waals surface area contributed by atoms with Crippen molar-refractivity contribution in [3.05, 3.63) is 74.9 Å². The molecule has 0 saturated carbocycles. The molecule has 3 aliphatic rings. The van der Waals surface area contributed by atoms with Crippen LogP contribution in [0.15, 0.2) is 58.2 Å². The highest BCUT2D eigenvalue weighted by Gasteiger charge is 2.42. The highest BCUT2D eigenvalue weighted by Crippen LogP contribution is 2.51. The van der Waals surface area contributed by atoms with Crippen molar-refractivity contribution in [3.8, 4) is 11.5 Å². The average molecular weight is 494 g/mol. The third-order valence-electron chi connectivity index (χ3n) is 6.85. The fourth-order valence-electron chi connectivity index (χ4n) is 5.42. The van der Waals surface area contributed by atoms with E-state index in [1.165, 1.54) is 17.0 Å². The molecule has 0 aromatic heterocycles. The number of halogens is 1. The second kappa shape index (κ2) is 7.80. The van der Waals surface area contributed by atoms with E-state index in [2.05, 4.69) is 65.0 Å². The Morgan fingerprint density at radius 1 is 1.06 bits per heavy atom. The first-order chi connectivity index (χ1) is 15.3. The molecule has 4 nitrogen and oxygen atoms in total. The van der Waals surface area contributed by atoms with Gasteiger partial charge in [0, 0.05) is 45.9 Å². The predicted octanol–water partition coefficient (Wildman–Crippen LogP) is 6.11. The Morgan fingerprint density at radius 3 is 2.53 bits per heavy atom. The Morgan fingerprint density at radius 2 is 1.81 bits per heavy atom. The molecule has 5 rings (SSSR count). The van der Waals surface area contributed by atoms with Crippen LogP contribution >= 0.6 is 15.9 Å². The number of Topliss-reactive ketones (excluding diaryl/α,β-unsaturated/α-hetero) is 1. The molecule has 0 amide bonds. The molecule has 2 heterocycles. The number of allylic oxidation sites excluding steroid dienone is 3. The number of hydrogen-bond acceptors (Lipinski definition) is 4. The molecule has 0 bridgehead atoms. The minimum atomic E-state index is -0.0589. The van der Waals surface area contributed by atoms with Crippen LogP contribution in [0.3, 0.4) is 0 Å². The van der Waals surface area contributed by atoms with Crippen LogP contribution in [0.4, 0.5) is 0 Å². The monoisotopic (exact) mass is 493 g/mol. The van der Waals surface area contributed by atoms with E-state index < -0.39 is 0 Å². The lowest BCUT2D eigenvalue weighted by atomic mass is 9.69. The molecule has 0 saturated heterocycles. The van der Waals surface area contributed by atoms with Gasteiger partial charge in [0.15, 0.2) is 17.3 Å². The van der Waals surface area contributed by atoms with E-state index in [-0.39, 0.29) is 17.1 Å². The molecule has 1 aliphatic carbocycles. The first kappa shape index (κ1) is 21.3. The topological polar surface area (TPSA) is 38.8 Å². The van der Waals surface area contributed by atoms with Gasteiger partial charge in [0.05, 0.1) is 14.2 Å². The zero-order valence-corrected chi connectivity index (χ0v) is 20.6. The van der Waals surface area contributed by atoms with Gasteiger partial charge < -0.3 is 14.4 Å². The van der Waals surface area contributed by atoms with Crippen molar-refractivity contribution in [3.63, 3.8) is 0 Å². The molecule has 2 aliphatic heterocycles. The number of rotatable bonds is 3. The van der Waals surface area contributed by atoms with Gasteiger partial charge in [-0.05, 0) is 59.7 Å². The highest BCUT2D eigenvalue weighted by atomic mass is 79.9. The lowest BCUT2D eigenvalue weighted by molar-refractivity contribution is -0.118. The largest absolute Gasteiger partial charge is 0.493 e. The zero-order chi connectivity index (χ0) is 22.6. The van der Waals surface area contributed by atoms with Crippen molar-refractivity contribution in [1.29, 1.82) is 0 Å². The molecule has 32 heavy (non-hydrogen) atoms. The van der Waals surface area contributed by atoms with Crippen LogP contribution in [0, 0.1) is 5.41 Å². The number of carbonyl (C=O) groups is 1. The van der Waals surface area contributed by atoms with Crippen LogP contribution in [0.2, 0.25) is 0 Å². The van der Waals surface area contributed by atoms with Gasteiger partial charge in [-0.1, -0.05) is 41.9 Å². The molecule has 1 atom stereocenters. The fraction of sp³-hybridized carbons (Fsp3) is 0.370. The lowest BCUT2D eigenvalue weighted by Crippen LogP contribution is -2.40. The maximum Gasteiger partial charge on any atom is 0.162 e. The van der Waals surface area contributed by atoms with E-state index in [0.717, 1.165) is 52.1 Å². The van der Waals surface area contributed by atoms with Gasteiger partial charge in [-0.25, -0.2) is 0 Å². The summed E-state index contributed by atoms with van der Waals surface area (Å²) in [5, 5.41) is 0. The Hall–Kier alpha value is -2.53. The van der Waals surface area contributed by atoms with E-state index >= 15 is 0 Å². The SMILES string of the molecule is COc1cc2c(cc1OC)C1=CC(c3cccc(Br)c3)C3=C(CC(C)(C)CC3=O)N1CC2. The van der Waals surface area contributed by atoms with Crippen molar-refractivity contribution in [2.24, 2.45) is 5.41 Å². The van der Waals surface area contributed by atoms with Gasteiger partial charge in [-0.2, -0.15) is 0 Å². The molecule has 0 fully saturated rings. The van der Waals surface area contributed by atoms with Gasteiger partial charge in [-0.3, -0.25) is 4.79 Å². The van der Waals surface area contributed by atoms with Crippen molar-refractivity contribution < 1.29 is 14.3 Å². The summed E-state index contributed by atoms with van der Waals surface area (Å²) in [5.41, 5.74) is 6.84. The van der Waals surface area contributed by atoms with Crippen LogP contribution in [0.25, 0.3) is 5.70 Å². The van der Waals surface area contributed by atoms with Crippen LogP contribution in [0.5, 0.6) is 11.5 Å². The molecule has 0 N–H and O–H groups in total. The number of hydrogen-bond donors (Lipinski definition) is 0. The van der Waals surface area contributed by atoms with Crippen molar-refractivity contribution >= 4 is 27.4 Å². The minimum absolute atomic E-state index is 0.0436. The lowest BCUT2D eigenvalue weighted by Gasteiger charge is -2.46. The maximum atomic E-state index is 13.5. The summed E-state index contributed by atoms with van der Waals surface area (Å²) in [6.07, 6.45) is 4.67. The molecule has 2 aromatic rings. The van der Waals surface area contributed by atoms with Gasteiger partial charge in [0.1, 0.15) is 0 Å². The summed E-state index contributed by atoms with van der Waals surface area (Å²) in [6, 6.07) is 12.5. The summed E-state index contributed by atoms with van der Waals surface area (Å²) in [5.74, 6) is 1.70. The van der Waals surface area contributed by atoms with Crippen LogP contribution in [-0.2, 0) is 11.2 Å². The normalized spacial score (nSPS) is 21.4. The van der Waals surface area contributed by atoms with E-state index in [0.29, 0.717) is 6.42 Å². The number of benzene rings is 2. The second-order valence-corrected chi connectivity index (χ2v) is 10.6. The van der Waals surface area contributed by atoms with Gasteiger partial charge in [0.25, 0.3) is 0 Å². The van der Waals surface area contributed by atoms with Gasteiger partial charge >= 0.3 is 0 Å². The van der Waals surface area contributed by atoms with Crippen LogP contribution in [0.1, 0.15) is 49.3 Å². The summed E-state index contributed by atoms with van der Waals surface area (Å²) < 4.78 is 12.2. The van der Waals surface area contributed by atoms with E-state index in [9.17, 15) is 4.79 Å². The molecular formula is C27H28BrNO3. The Balaban J connectivity index is 1.72. The number of fused-ring (bicyclic) bond motifs is 4. The number of methoxy groups -OCH3 is 2. The number of carbonyl (C=O) groups excluding carboxylic acids is 1. The third-order valence-corrected chi connectivity index (χ3v) is 7.34. The van der Waals surface area contributed by atoms with Crippen molar-refractivity contribution in [2.45, 2.75) is 39.0 Å². The van der Waals surface area contributed by atoms with Gasteiger partial charge in [0.2, 0.25) is 0 Å². The van der Waals surface area contributed by atoms with Crippen LogP contribution in [-0.4, -0.2) is 31.4 Å². The van der Waals surface area contributed by atoms with Crippen molar-refractivity contribution in [2.75, 3.05) is 20.8 Å². The predicted molar refractivity (Wildman–Crippen MR) is 130 cm³/mol. The van der Waals surface area contributed by atoms with E-state index in [4.69, 9.17) is 9.47 Å². The Kier molecular flexibility index (Phi) is 5.20. The molecule has 1 unspecified atom stereocenters. The summed E-state index contributed by atoms with van der Waals surface area (Å²) in [7, 11) is 3.35. The first-order valence-corrected chi connectivity index (χ1v) is 11.9. The summed E-state index contributed by atoms with van der Waals surface area (Å²) >= 11 is 3.62. The summed E-state index contributed by atoms with van der Waals surface area (Å²) in [6.45, 7) is 5.26. The molecule has 2 aromatic carbocycles. The standard InChI is InChI=1S/C27H28BrNO3/c1-27(2)14-22-26(23(30)15-27)20(16-6-5-7-18(28)10-16)12-21-19-13-25(32-4)24(31-3)11-17(19)8-9-29(21)22/h5-7,10-13,20H,8-9,14-15H2,1-4H3. The van der Waals surface area contributed by atoms with E-state index in [1.54, 1.807) is 14.2 Å². The number of nitrogens with zero attached hydrogens (tertiary/aromatic N) is 1. The molecule has 166 valence electrons. The number of ketones is 1. The van der Waals surface area contributed by atoms with Crippen molar-refractivity contribution in [1.82, 2.24) is 4.90 Å². The quantitative estimate of drug-likeness (QED) is 0.517. The number of ether oxygens (including phenoxy) is 2. The average Bonchev–Trinajstić information content (AvgIpc) is 2.76. The first-order valence-electron chi connectivity index (χ1n) is 11.1. The Bertz CT molecular complexity index is 1180. The molecule has 0 spiro atoms. The molecule has 5 heteroatoms. The minimum Gasteiger partial charge on any atom is -0.493 e. The Labute approximate surface area is 198 Å².